The number of benzene rings is 2. The molecule has 174 valence electrons. The average molecular weight is 470 g/mol. The van der Waals surface area contributed by atoms with Gasteiger partial charge in [0.25, 0.3) is 5.91 Å². The number of rotatable bonds is 5. The van der Waals surface area contributed by atoms with Crippen LogP contribution in [-0.4, -0.2) is 54.8 Å². The summed E-state index contributed by atoms with van der Waals surface area (Å²) in [6, 6.07) is 13.8. The van der Waals surface area contributed by atoms with Crippen LogP contribution >= 0.6 is 0 Å². The molecule has 33 heavy (non-hydrogen) atoms. The van der Waals surface area contributed by atoms with Gasteiger partial charge in [-0.2, -0.15) is 0 Å². The molecule has 2 saturated heterocycles. The minimum Gasteiger partial charge on any atom is -0.348 e. The molecule has 0 aromatic heterocycles. The smallest absolute Gasteiger partial charge is 0.326 e. The number of carbonyl (C=O) groups is 3. The molecule has 2 aliphatic rings. The summed E-state index contributed by atoms with van der Waals surface area (Å²) in [6.45, 7) is 5.05. The van der Waals surface area contributed by atoms with E-state index in [0.29, 0.717) is 11.1 Å². The van der Waals surface area contributed by atoms with Crippen molar-refractivity contribution in [2.45, 2.75) is 38.3 Å². The minimum atomic E-state index is -3.22. The van der Waals surface area contributed by atoms with E-state index in [-0.39, 0.29) is 17.9 Å². The van der Waals surface area contributed by atoms with Crippen LogP contribution in [0.2, 0.25) is 0 Å². The van der Waals surface area contributed by atoms with Crippen LogP contribution in [0.1, 0.15) is 35.6 Å². The molecule has 0 spiro atoms. The summed E-state index contributed by atoms with van der Waals surface area (Å²) >= 11 is 0. The zero-order valence-corrected chi connectivity index (χ0v) is 19.7. The molecule has 0 aliphatic carbocycles. The van der Waals surface area contributed by atoms with E-state index in [4.69, 9.17) is 0 Å². The van der Waals surface area contributed by atoms with Gasteiger partial charge >= 0.3 is 6.03 Å². The quantitative estimate of drug-likeness (QED) is 0.649. The van der Waals surface area contributed by atoms with Crippen molar-refractivity contribution >= 4 is 27.7 Å². The molecule has 0 unspecified atom stereocenters. The summed E-state index contributed by atoms with van der Waals surface area (Å²) in [7, 11) is -3.22. The third-order valence-electron chi connectivity index (χ3n) is 6.50. The van der Waals surface area contributed by atoms with Crippen LogP contribution < -0.4 is 10.6 Å². The third-order valence-corrected chi connectivity index (χ3v) is 8.40. The van der Waals surface area contributed by atoms with Crippen molar-refractivity contribution < 1.29 is 22.8 Å². The molecule has 2 aliphatic heterocycles. The fourth-order valence-electron chi connectivity index (χ4n) is 4.57. The SMILES string of the molecule is Cc1ccc([C@@]2(c3ccccc3)NC(=O)N(CC(=O)N[C@@]3(C)CCS(=O)(=O)C3)C2=O)cc1C. The highest BCUT2D eigenvalue weighted by molar-refractivity contribution is 7.91. The Morgan fingerprint density at radius 1 is 1.06 bits per heavy atom. The minimum absolute atomic E-state index is 0.00317. The van der Waals surface area contributed by atoms with Crippen LogP contribution in [0.3, 0.4) is 0 Å². The second-order valence-electron chi connectivity index (χ2n) is 9.19. The monoisotopic (exact) mass is 469 g/mol. The second kappa shape index (κ2) is 7.98. The molecule has 2 aromatic rings. The van der Waals surface area contributed by atoms with Crippen molar-refractivity contribution in [3.8, 4) is 0 Å². The predicted octanol–water partition coefficient (Wildman–Crippen LogP) is 1.79. The Morgan fingerprint density at radius 2 is 1.76 bits per heavy atom. The molecule has 4 amide bonds. The molecule has 8 nitrogen and oxygen atoms in total. The number of aryl methyl sites for hydroxylation is 2. The average Bonchev–Trinajstić information content (AvgIpc) is 3.17. The Hall–Kier alpha value is -3.20. The molecule has 2 heterocycles. The number of hydrogen-bond acceptors (Lipinski definition) is 5. The van der Waals surface area contributed by atoms with Crippen molar-refractivity contribution in [1.82, 2.24) is 15.5 Å². The maximum absolute atomic E-state index is 13.8. The molecule has 4 rings (SSSR count). The Kier molecular flexibility index (Phi) is 5.56. The van der Waals surface area contributed by atoms with Crippen molar-refractivity contribution in [2.75, 3.05) is 18.1 Å². The number of carbonyl (C=O) groups excluding carboxylic acids is 3. The van der Waals surface area contributed by atoms with E-state index in [2.05, 4.69) is 10.6 Å². The van der Waals surface area contributed by atoms with Crippen LogP contribution in [0.25, 0.3) is 0 Å². The fraction of sp³-hybridized carbons (Fsp3) is 0.375. The van der Waals surface area contributed by atoms with Crippen LogP contribution in [-0.2, 0) is 25.0 Å². The Balaban J connectivity index is 1.66. The Morgan fingerprint density at radius 3 is 2.36 bits per heavy atom. The lowest BCUT2D eigenvalue weighted by Crippen LogP contribution is -2.51. The van der Waals surface area contributed by atoms with Gasteiger partial charge in [0, 0.05) is 0 Å². The topological polar surface area (TPSA) is 113 Å². The number of amides is 4. The number of nitrogens with one attached hydrogen (secondary N) is 2. The first-order valence-corrected chi connectivity index (χ1v) is 12.6. The second-order valence-corrected chi connectivity index (χ2v) is 11.4. The highest BCUT2D eigenvalue weighted by Gasteiger charge is 2.54. The first kappa shape index (κ1) is 23.0. The Bertz CT molecular complexity index is 1240. The van der Waals surface area contributed by atoms with Crippen molar-refractivity contribution in [3.05, 3.63) is 70.8 Å². The summed E-state index contributed by atoms with van der Waals surface area (Å²) in [5, 5.41) is 5.54. The van der Waals surface area contributed by atoms with Crippen LogP contribution in [0.5, 0.6) is 0 Å². The van der Waals surface area contributed by atoms with Crippen LogP contribution in [0.15, 0.2) is 48.5 Å². The number of nitrogens with zero attached hydrogens (tertiary/aromatic N) is 1. The maximum Gasteiger partial charge on any atom is 0.326 e. The van der Waals surface area contributed by atoms with Crippen molar-refractivity contribution in [2.24, 2.45) is 0 Å². The molecular formula is C24H27N3O5S. The third kappa shape index (κ3) is 4.13. The Labute approximate surface area is 193 Å². The highest BCUT2D eigenvalue weighted by atomic mass is 32.2. The molecule has 0 radical (unpaired) electrons. The maximum atomic E-state index is 13.8. The largest absolute Gasteiger partial charge is 0.348 e. The first-order valence-electron chi connectivity index (χ1n) is 10.7. The standard InChI is InChI=1S/C24H27N3O5S/c1-16-9-10-19(13-17(16)2)24(18-7-5-4-6-8-18)21(29)27(22(30)26-24)14-20(28)25-23(3)11-12-33(31,32)15-23/h4-10,13H,11-12,14-15H2,1-3H3,(H,25,28)(H,26,30)/t23-,24+/m0/s1. The van der Waals surface area contributed by atoms with E-state index >= 15 is 0 Å². The molecule has 2 atom stereocenters. The van der Waals surface area contributed by atoms with E-state index in [9.17, 15) is 22.8 Å². The predicted molar refractivity (Wildman–Crippen MR) is 123 cm³/mol. The van der Waals surface area contributed by atoms with Crippen LogP contribution in [0, 0.1) is 13.8 Å². The molecular weight excluding hydrogens is 442 g/mol. The summed E-state index contributed by atoms with van der Waals surface area (Å²) in [5.74, 6) is -1.30. The normalized spacial score (nSPS) is 26.3. The van der Waals surface area contributed by atoms with Gasteiger partial charge in [-0.1, -0.05) is 48.5 Å². The van der Waals surface area contributed by atoms with E-state index < -0.39 is 45.3 Å². The zero-order chi connectivity index (χ0) is 24.0. The van der Waals surface area contributed by atoms with E-state index in [1.54, 1.807) is 31.2 Å². The van der Waals surface area contributed by atoms with Gasteiger partial charge in [0.05, 0.1) is 17.0 Å². The summed E-state index contributed by atoms with van der Waals surface area (Å²) < 4.78 is 23.7. The summed E-state index contributed by atoms with van der Waals surface area (Å²) in [6.07, 6.45) is 0.289. The lowest BCUT2D eigenvalue weighted by Gasteiger charge is -2.29. The number of imide groups is 1. The molecule has 2 N–H and O–H groups in total. The molecule has 9 heteroatoms. The van der Waals surface area contributed by atoms with Gasteiger partial charge in [0.1, 0.15) is 6.54 Å². The van der Waals surface area contributed by atoms with Crippen molar-refractivity contribution in [1.29, 1.82) is 0 Å². The van der Waals surface area contributed by atoms with Crippen molar-refractivity contribution in [3.63, 3.8) is 0 Å². The first-order chi connectivity index (χ1) is 15.5. The van der Waals surface area contributed by atoms with Gasteiger partial charge in [-0.25, -0.2) is 13.2 Å². The lowest BCUT2D eigenvalue weighted by molar-refractivity contribution is -0.134. The highest BCUT2D eigenvalue weighted by Crippen LogP contribution is 2.37. The van der Waals surface area contributed by atoms with E-state index in [0.717, 1.165) is 16.0 Å². The van der Waals surface area contributed by atoms with Gasteiger partial charge in [0.2, 0.25) is 5.91 Å². The molecule has 2 fully saturated rings. The summed E-state index contributed by atoms with van der Waals surface area (Å²) in [4.78, 5) is 40.4. The van der Waals surface area contributed by atoms with E-state index in [1.165, 1.54) is 0 Å². The number of sulfone groups is 1. The van der Waals surface area contributed by atoms with E-state index in [1.807, 2.05) is 38.1 Å². The number of urea groups is 1. The van der Waals surface area contributed by atoms with Crippen LogP contribution in [0.4, 0.5) is 4.79 Å². The lowest BCUT2D eigenvalue weighted by atomic mass is 9.81. The zero-order valence-electron chi connectivity index (χ0n) is 18.8. The van der Waals surface area contributed by atoms with Gasteiger partial charge in [-0.3, -0.25) is 14.5 Å². The van der Waals surface area contributed by atoms with Gasteiger partial charge < -0.3 is 10.6 Å². The van der Waals surface area contributed by atoms with Gasteiger partial charge in [-0.15, -0.1) is 0 Å². The molecule has 0 saturated carbocycles. The number of hydrogen-bond donors (Lipinski definition) is 2. The summed E-state index contributed by atoms with van der Waals surface area (Å²) in [5.41, 5.74) is 0.832. The fourth-order valence-corrected chi connectivity index (χ4v) is 6.66. The molecule has 0 bridgehead atoms. The van der Waals surface area contributed by atoms with Gasteiger partial charge in [0.15, 0.2) is 15.4 Å². The van der Waals surface area contributed by atoms with Gasteiger partial charge in [-0.05, 0) is 49.4 Å². The molecule has 2 aromatic carbocycles.